The van der Waals surface area contributed by atoms with Crippen molar-refractivity contribution in [1.82, 2.24) is 0 Å². The zero-order chi connectivity index (χ0) is 20.6. The number of hydrogen-bond acceptors (Lipinski definition) is 4. The Morgan fingerprint density at radius 3 is 2.39 bits per heavy atom. The van der Waals surface area contributed by atoms with Crippen molar-refractivity contribution >= 4 is 5.97 Å². The van der Waals surface area contributed by atoms with Crippen molar-refractivity contribution in [2.75, 3.05) is 19.8 Å². The first-order valence-corrected chi connectivity index (χ1v) is 10.7. The van der Waals surface area contributed by atoms with Gasteiger partial charge in [-0.05, 0) is 36.8 Å². The average molecular weight is 391 g/mol. The minimum absolute atomic E-state index is 0.177. The first kappa shape index (κ1) is 24.2. The largest absolute Gasteiger partial charge is 0.495 e. The van der Waals surface area contributed by atoms with Gasteiger partial charge in [0, 0.05) is 6.61 Å². The Morgan fingerprint density at radius 1 is 1.04 bits per heavy atom. The standard InChI is InChI=1S/C24H38O4/c1-5-9-11-12-17-27-24(21-14-15-21)22(26-16-10-6-2)18-23(25)28-19-20(8-4)13-7-3/h7-8,13,22H,3-6,9-12,14-19H2,1-2H3/b20-13+/t22-/m0/s1. The van der Waals surface area contributed by atoms with E-state index in [1.54, 1.807) is 18.2 Å². The molecule has 4 heteroatoms. The molecule has 0 aromatic rings. The van der Waals surface area contributed by atoms with Gasteiger partial charge in [0.25, 0.3) is 0 Å². The lowest BCUT2D eigenvalue weighted by atomic mass is 10.1. The summed E-state index contributed by atoms with van der Waals surface area (Å²) >= 11 is 0. The van der Waals surface area contributed by atoms with Crippen molar-refractivity contribution in [2.45, 2.75) is 77.7 Å². The summed E-state index contributed by atoms with van der Waals surface area (Å²) in [6.07, 6.45) is 13.7. The van der Waals surface area contributed by atoms with E-state index in [0.717, 1.165) is 43.4 Å². The molecule has 28 heavy (non-hydrogen) atoms. The van der Waals surface area contributed by atoms with Crippen molar-refractivity contribution in [3.05, 3.63) is 48.3 Å². The first-order valence-electron chi connectivity index (χ1n) is 10.7. The van der Waals surface area contributed by atoms with Crippen LogP contribution in [0.15, 0.2) is 48.3 Å². The average Bonchev–Trinajstić information content (AvgIpc) is 3.52. The van der Waals surface area contributed by atoms with Crippen LogP contribution >= 0.6 is 0 Å². The summed E-state index contributed by atoms with van der Waals surface area (Å²) in [7, 11) is 0. The van der Waals surface area contributed by atoms with Gasteiger partial charge in [-0.3, -0.25) is 4.79 Å². The summed E-state index contributed by atoms with van der Waals surface area (Å²) in [6, 6.07) is 0. The predicted molar refractivity (Wildman–Crippen MR) is 115 cm³/mol. The zero-order valence-corrected chi connectivity index (χ0v) is 17.8. The second kappa shape index (κ2) is 15.2. The minimum atomic E-state index is -0.349. The fourth-order valence-corrected chi connectivity index (χ4v) is 2.74. The molecule has 1 fully saturated rings. The lowest BCUT2D eigenvalue weighted by Gasteiger charge is -2.21. The molecular weight excluding hydrogens is 352 g/mol. The molecule has 1 rings (SSSR count). The molecular formula is C24H38O4. The van der Waals surface area contributed by atoms with Crippen LogP contribution in [0.25, 0.3) is 0 Å². The van der Waals surface area contributed by atoms with Gasteiger partial charge in [0.15, 0.2) is 0 Å². The molecule has 0 heterocycles. The number of unbranched alkanes of at least 4 members (excludes halogenated alkanes) is 4. The third-order valence-corrected chi connectivity index (χ3v) is 4.56. The van der Waals surface area contributed by atoms with Crippen LogP contribution in [0, 0.1) is 0 Å². The third-order valence-electron chi connectivity index (χ3n) is 4.56. The number of carbonyl (C=O) groups excluding carboxylic acids is 1. The smallest absolute Gasteiger partial charge is 0.309 e. The van der Waals surface area contributed by atoms with Gasteiger partial charge >= 0.3 is 5.97 Å². The van der Waals surface area contributed by atoms with E-state index in [9.17, 15) is 4.79 Å². The number of carbonyl (C=O) groups is 1. The molecule has 0 aromatic heterocycles. The van der Waals surface area contributed by atoms with Gasteiger partial charge < -0.3 is 14.2 Å². The van der Waals surface area contributed by atoms with Gasteiger partial charge in [-0.25, -0.2) is 0 Å². The molecule has 0 unspecified atom stereocenters. The molecule has 4 nitrogen and oxygen atoms in total. The Kier molecular flexibility index (Phi) is 13.1. The van der Waals surface area contributed by atoms with Crippen molar-refractivity contribution in [3.63, 3.8) is 0 Å². The molecule has 0 saturated heterocycles. The Labute approximate surface area is 171 Å². The van der Waals surface area contributed by atoms with Crippen LogP contribution in [-0.4, -0.2) is 31.9 Å². The quantitative estimate of drug-likeness (QED) is 0.131. The Morgan fingerprint density at radius 2 is 1.79 bits per heavy atom. The molecule has 158 valence electrons. The molecule has 0 amide bonds. The third kappa shape index (κ3) is 10.5. The molecule has 0 radical (unpaired) electrons. The van der Waals surface area contributed by atoms with Gasteiger partial charge in [-0.15, -0.1) is 0 Å². The van der Waals surface area contributed by atoms with Crippen LogP contribution in [0.4, 0.5) is 0 Å². The van der Waals surface area contributed by atoms with Crippen LogP contribution in [-0.2, 0) is 19.0 Å². The van der Waals surface area contributed by atoms with Gasteiger partial charge in [0.2, 0.25) is 0 Å². The van der Waals surface area contributed by atoms with Crippen LogP contribution in [0.1, 0.15) is 71.6 Å². The maximum Gasteiger partial charge on any atom is 0.309 e. The van der Waals surface area contributed by atoms with Crippen LogP contribution < -0.4 is 0 Å². The maximum absolute atomic E-state index is 12.4. The highest BCUT2D eigenvalue weighted by molar-refractivity contribution is 5.70. The highest BCUT2D eigenvalue weighted by atomic mass is 16.5. The Bertz CT molecular complexity index is 539. The fraction of sp³-hybridized carbons (Fsp3) is 0.625. The highest BCUT2D eigenvalue weighted by Gasteiger charge is 2.29. The summed E-state index contributed by atoms with van der Waals surface area (Å²) in [5, 5.41) is 0. The van der Waals surface area contributed by atoms with Crippen molar-refractivity contribution in [2.24, 2.45) is 0 Å². The van der Waals surface area contributed by atoms with Crippen molar-refractivity contribution in [3.8, 4) is 0 Å². The fourth-order valence-electron chi connectivity index (χ4n) is 2.74. The van der Waals surface area contributed by atoms with Crippen molar-refractivity contribution < 1.29 is 19.0 Å². The summed E-state index contributed by atoms with van der Waals surface area (Å²) in [5.41, 5.74) is 2.10. The predicted octanol–water partition coefficient (Wildman–Crippen LogP) is 6.05. The number of ether oxygens (including phenoxy) is 3. The summed E-state index contributed by atoms with van der Waals surface area (Å²) in [6.45, 7) is 13.2. The Balaban J connectivity index is 2.65. The van der Waals surface area contributed by atoms with Crippen LogP contribution in [0.3, 0.4) is 0 Å². The lowest BCUT2D eigenvalue weighted by molar-refractivity contribution is -0.145. The molecule has 1 aliphatic rings. The second-order valence-corrected chi connectivity index (χ2v) is 7.14. The molecule has 0 aromatic carbocycles. The highest BCUT2D eigenvalue weighted by Crippen LogP contribution is 2.35. The van der Waals surface area contributed by atoms with Gasteiger partial charge in [0.1, 0.15) is 18.5 Å². The van der Waals surface area contributed by atoms with E-state index in [0.29, 0.717) is 13.2 Å². The van der Waals surface area contributed by atoms with E-state index >= 15 is 0 Å². The first-order chi connectivity index (χ1) is 13.7. The topological polar surface area (TPSA) is 44.8 Å². The SMILES string of the molecule is C=C/C=C(\C=C)COC(=O)C[C@H](OCCCC)C(OCCCCCC)=C1CC1. The second-order valence-electron chi connectivity index (χ2n) is 7.14. The zero-order valence-electron chi connectivity index (χ0n) is 17.8. The molecule has 0 spiro atoms. The number of hydrogen-bond donors (Lipinski definition) is 0. The molecule has 1 atom stereocenters. The van der Waals surface area contributed by atoms with Crippen molar-refractivity contribution in [1.29, 1.82) is 0 Å². The number of allylic oxidation sites excluding steroid dienone is 3. The molecule has 0 N–H and O–H groups in total. The molecule has 1 saturated carbocycles. The van der Waals surface area contributed by atoms with Gasteiger partial charge in [-0.2, -0.15) is 0 Å². The van der Waals surface area contributed by atoms with Crippen LogP contribution in [0.2, 0.25) is 0 Å². The number of rotatable bonds is 17. The van der Waals surface area contributed by atoms with Crippen LogP contribution in [0.5, 0.6) is 0 Å². The molecule has 1 aliphatic carbocycles. The normalized spacial score (nSPS) is 14.4. The van der Waals surface area contributed by atoms with E-state index in [2.05, 4.69) is 27.0 Å². The number of esters is 1. The molecule has 0 aliphatic heterocycles. The summed E-state index contributed by atoms with van der Waals surface area (Å²) < 4.78 is 17.5. The summed E-state index contributed by atoms with van der Waals surface area (Å²) in [5.74, 6) is 0.585. The van der Waals surface area contributed by atoms with Gasteiger partial charge in [-0.1, -0.05) is 70.9 Å². The van der Waals surface area contributed by atoms with Gasteiger partial charge in [0.05, 0.1) is 13.0 Å². The van der Waals surface area contributed by atoms with E-state index < -0.39 is 0 Å². The maximum atomic E-state index is 12.4. The summed E-state index contributed by atoms with van der Waals surface area (Å²) in [4.78, 5) is 12.4. The molecule has 0 bridgehead atoms. The van der Waals surface area contributed by atoms with E-state index in [-0.39, 0.29) is 25.1 Å². The minimum Gasteiger partial charge on any atom is -0.495 e. The monoisotopic (exact) mass is 390 g/mol. The Hall–Kier alpha value is -1.81. The lowest BCUT2D eigenvalue weighted by Crippen LogP contribution is -2.24. The van der Waals surface area contributed by atoms with E-state index in [4.69, 9.17) is 14.2 Å². The van der Waals surface area contributed by atoms with E-state index in [1.807, 2.05) is 0 Å². The van der Waals surface area contributed by atoms with E-state index in [1.165, 1.54) is 24.8 Å².